The van der Waals surface area contributed by atoms with Gasteiger partial charge in [-0.3, -0.25) is 19.3 Å². The molecule has 0 aromatic heterocycles. The van der Waals surface area contributed by atoms with Gasteiger partial charge in [-0.1, -0.05) is 25.5 Å². The van der Waals surface area contributed by atoms with E-state index in [1.165, 1.54) is 4.90 Å². The molecule has 1 saturated carbocycles. The minimum atomic E-state index is -0.248. The summed E-state index contributed by atoms with van der Waals surface area (Å²) in [5.41, 5.74) is 1.73. The van der Waals surface area contributed by atoms with Gasteiger partial charge in [-0.05, 0) is 37.5 Å². The lowest BCUT2D eigenvalue weighted by atomic mass is 9.93. The summed E-state index contributed by atoms with van der Waals surface area (Å²) in [7, 11) is 0. The summed E-state index contributed by atoms with van der Waals surface area (Å²) in [6.07, 6.45) is 3.56. The molecule has 1 fully saturated rings. The third-order valence-electron chi connectivity index (χ3n) is 4.93. The number of nitrogens with one attached hydrogen (secondary N) is 1. The van der Waals surface area contributed by atoms with Gasteiger partial charge in [0.15, 0.2) is 0 Å². The molecule has 3 amide bonds. The number of anilines is 1. The molecule has 2 aromatic rings. The van der Waals surface area contributed by atoms with E-state index >= 15 is 0 Å². The summed E-state index contributed by atoms with van der Waals surface area (Å²) in [5, 5.41) is 4.35. The lowest BCUT2D eigenvalue weighted by Gasteiger charge is -2.27. The number of unbranched alkanes of at least 4 members (excludes halogenated alkanes) is 1. The van der Waals surface area contributed by atoms with Crippen LogP contribution in [0.2, 0.25) is 0 Å². The highest BCUT2D eigenvalue weighted by atomic mass is 16.2. The van der Waals surface area contributed by atoms with Crippen molar-refractivity contribution in [1.82, 2.24) is 4.90 Å². The monoisotopic (exact) mass is 336 g/mol. The zero-order valence-corrected chi connectivity index (χ0v) is 14.2. The van der Waals surface area contributed by atoms with Crippen LogP contribution in [0.15, 0.2) is 30.3 Å². The Morgan fingerprint density at radius 2 is 1.84 bits per heavy atom. The highest BCUT2D eigenvalue weighted by Crippen LogP contribution is 2.36. The number of hydrogen-bond donors (Lipinski definition) is 1. The number of benzene rings is 2. The maximum absolute atomic E-state index is 12.8. The highest BCUT2D eigenvalue weighted by molar-refractivity contribution is 6.27. The molecule has 1 aliphatic heterocycles. The predicted molar refractivity (Wildman–Crippen MR) is 95.6 cm³/mol. The first-order valence-electron chi connectivity index (χ1n) is 8.84. The van der Waals surface area contributed by atoms with E-state index in [0.717, 1.165) is 31.1 Å². The molecule has 5 heteroatoms. The summed E-state index contributed by atoms with van der Waals surface area (Å²) in [4.78, 5) is 39.0. The molecule has 0 atom stereocenters. The Morgan fingerprint density at radius 1 is 1.12 bits per heavy atom. The fourth-order valence-corrected chi connectivity index (χ4v) is 3.35. The molecule has 1 heterocycles. The van der Waals surface area contributed by atoms with Gasteiger partial charge in [-0.2, -0.15) is 0 Å². The third-order valence-corrected chi connectivity index (χ3v) is 4.93. The van der Waals surface area contributed by atoms with E-state index in [0.29, 0.717) is 28.7 Å². The first-order chi connectivity index (χ1) is 12.1. The summed E-state index contributed by atoms with van der Waals surface area (Å²) >= 11 is 0. The van der Waals surface area contributed by atoms with Crippen molar-refractivity contribution in [2.24, 2.45) is 5.92 Å². The highest BCUT2D eigenvalue weighted by Gasteiger charge is 2.34. The third kappa shape index (κ3) is 2.60. The Kier molecular flexibility index (Phi) is 3.79. The fraction of sp³-hybridized carbons (Fsp3) is 0.350. The van der Waals surface area contributed by atoms with E-state index in [2.05, 4.69) is 5.32 Å². The standard InChI is InChI=1S/C20H20N2O3/c1-2-3-11-22-19(24)14-6-4-5-13-16(21-18(23)12-7-8-12)10-9-15(17(13)14)20(22)25/h4-6,9-10,12H,2-3,7-8,11H2,1H3,(H,21,23). The topological polar surface area (TPSA) is 66.5 Å². The van der Waals surface area contributed by atoms with E-state index in [1.807, 2.05) is 13.0 Å². The lowest BCUT2D eigenvalue weighted by molar-refractivity contribution is -0.117. The molecule has 0 bridgehead atoms. The first kappa shape index (κ1) is 15.8. The van der Waals surface area contributed by atoms with Gasteiger partial charge in [-0.15, -0.1) is 0 Å². The van der Waals surface area contributed by atoms with Gasteiger partial charge in [0.05, 0.1) is 0 Å². The van der Waals surface area contributed by atoms with Crippen LogP contribution in [0.3, 0.4) is 0 Å². The number of hydrogen-bond acceptors (Lipinski definition) is 3. The molecule has 1 N–H and O–H groups in total. The normalized spacial score (nSPS) is 16.4. The number of rotatable bonds is 5. The minimum absolute atomic E-state index is 0.0127. The predicted octanol–water partition coefficient (Wildman–Crippen LogP) is 3.58. The Bertz CT molecular complexity index is 877. The van der Waals surface area contributed by atoms with Crippen molar-refractivity contribution in [2.45, 2.75) is 32.6 Å². The molecule has 2 aromatic carbocycles. The van der Waals surface area contributed by atoms with E-state index < -0.39 is 0 Å². The molecule has 0 unspecified atom stereocenters. The second-order valence-corrected chi connectivity index (χ2v) is 6.77. The van der Waals surface area contributed by atoms with Crippen molar-refractivity contribution in [2.75, 3.05) is 11.9 Å². The average Bonchev–Trinajstić information content (AvgIpc) is 3.45. The molecule has 5 nitrogen and oxygen atoms in total. The summed E-state index contributed by atoms with van der Waals surface area (Å²) < 4.78 is 0. The van der Waals surface area contributed by atoms with Crippen molar-refractivity contribution in [3.8, 4) is 0 Å². The van der Waals surface area contributed by atoms with Gasteiger partial charge in [0.25, 0.3) is 11.8 Å². The van der Waals surface area contributed by atoms with E-state index in [4.69, 9.17) is 0 Å². The van der Waals surface area contributed by atoms with Crippen LogP contribution in [0.25, 0.3) is 10.8 Å². The van der Waals surface area contributed by atoms with Gasteiger partial charge < -0.3 is 5.32 Å². The van der Waals surface area contributed by atoms with Crippen LogP contribution >= 0.6 is 0 Å². The van der Waals surface area contributed by atoms with Gasteiger partial charge in [-0.25, -0.2) is 0 Å². The van der Waals surface area contributed by atoms with Crippen molar-refractivity contribution in [3.05, 3.63) is 41.5 Å². The van der Waals surface area contributed by atoms with Crippen molar-refractivity contribution in [1.29, 1.82) is 0 Å². The quantitative estimate of drug-likeness (QED) is 0.849. The minimum Gasteiger partial charge on any atom is -0.325 e. The fourth-order valence-electron chi connectivity index (χ4n) is 3.35. The van der Waals surface area contributed by atoms with Crippen LogP contribution < -0.4 is 5.32 Å². The largest absolute Gasteiger partial charge is 0.325 e. The van der Waals surface area contributed by atoms with Crippen LogP contribution in [-0.2, 0) is 4.79 Å². The van der Waals surface area contributed by atoms with Crippen LogP contribution in [0, 0.1) is 5.92 Å². The Hall–Kier alpha value is -2.69. The van der Waals surface area contributed by atoms with Crippen molar-refractivity contribution < 1.29 is 14.4 Å². The van der Waals surface area contributed by atoms with Crippen molar-refractivity contribution >= 4 is 34.2 Å². The summed E-state index contributed by atoms with van der Waals surface area (Å²) in [5.74, 6) is -0.387. The van der Waals surface area contributed by atoms with E-state index in [9.17, 15) is 14.4 Å². The number of nitrogens with zero attached hydrogens (tertiary/aromatic N) is 1. The molecular weight excluding hydrogens is 316 g/mol. The zero-order valence-electron chi connectivity index (χ0n) is 14.2. The molecule has 25 heavy (non-hydrogen) atoms. The number of amides is 3. The molecule has 2 aliphatic rings. The van der Waals surface area contributed by atoms with Crippen LogP contribution in [0.4, 0.5) is 5.69 Å². The first-order valence-corrected chi connectivity index (χ1v) is 8.84. The molecule has 0 spiro atoms. The zero-order chi connectivity index (χ0) is 17.6. The number of carbonyl (C=O) groups excluding carboxylic acids is 3. The van der Waals surface area contributed by atoms with Crippen LogP contribution in [0.1, 0.15) is 53.3 Å². The SMILES string of the molecule is CCCCN1C(=O)c2cccc3c(NC(=O)C4CC4)ccc(c23)C1=O. The van der Waals surface area contributed by atoms with Gasteiger partial charge >= 0.3 is 0 Å². The molecule has 0 radical (unpaired) electrons. The second kappa shape index (κ2) is 5.99. The average molecular weight is 336 g/mol. The molecule has 1 aliphatic carbocycles. The smallest absolute Gasteiger partial charge is 0.261 e. The van der Waals surface area contributed by atoms with E-state index in [-0.39, 0.29) is 23.6 Å². The maximum Gasteiger partial charge on any atom is 0.261 e. The molecular formula is C20H20N2O3. The Morgan fingerprint density at radius 3 is 2.52 bits per heavy atom. The molecule has 4 rings (SSSR count). The number of imide groups is 1. The Labute approximate surface area is 146 Å². The number of carbonyl (C=O) groups is 3. The van der Waals surface area contributed by atoms with E-state index in [1.54, 1.807) is 24.3 Å². The Balaban J connectivity index is 1.80. The lowest BCUT2D eigenvalue weighted by Crippen LogP contribution is -2.40. The second-order valence-electron chi connectivity index (χ2n) is 6.77. The van der Waals surface area contributed by atoms with Gasteiger partial charge in [0, 0.05) is 40.0 Å². The van der Waals surface area contributed by atoms with Crippen molar-refractivity contribution in [3.63, 3.8) is 0 Å². The summed E-state index contributed by atoms with van der Waals surface area (Å²) in [6, 6.07) is 8.91. The van der Waals surface area contributed by atoms with Gasteiger partial charge in [0.2, 0.25) is 5.91 Å². The summed E-state index contributed by atoms with van der Waals surface area (Å²) in [6.45, 7) is 2.46. The van der Waals surface area contributed by atoms with Gasteiger partial charge in [0.1, 0.15) is 0 Å². The van der Waals surface area contributed by atoms with Crippen LogP contribution in [-0.4, -0.2) is 29.2 Å². The molecule has 0 saturated heterocycles. The maximum atomic E-state index is 12.8. The van der Waals surface area contributed by atoms with Crippen LogP contribution in [0.5, 0.6) is 0 Å². The molecule has 128 valence electrons.